The summed E-state index contributed by atoms with van der Waals surface area (Å²) in [5.41, 5.74) is 0.977. The third-order valence-corrected chi connectivity index (χ3v) is 10.00. The molecule has 40 heavy (non-hydrogen) atoms. The first-order valence-corrected chi connectivity index (χ1v) is 15.3. The molecule has 1 saturated carbocycles. The van der Waals surface area contributed by atoms with Gasteiger partial charge in [-0.1, -0.05) is 44.4 Å². The van der Waals surface area contributed by atoms with E-state index >= 15 is 0 Å². The second-order valence-electron chi connectivity index (χ2n) is 12.4. The van der Waals surface area contributed by atoms with Gasteiger partial charge < -0.3 is 25.6 Å². The molecule has 9 nitrogen and oxygen atoms in total. The predicted octanol–water partition coefficient (Wildman–Crippen LogP) is 2.61. The molecule has 1 aromatic carbocycles. The highest BCUT2D eigenvalue weighted by Crippen LogP contribution is 2.36. The number of rotatable bonds is 7. The van der Waals surface area contributed by atoms with Crippen molar-refractivity contribution in [3.8, 4) is 5.75 Å². The molecule has 3 amide bonds. The molecule has 9 heteroatoms. The topological polar surface area (TPSA) is 103 Å². The molecular formula is C31H47N5O4. The van der Waals surface area contributed by atoms with Gasteiger partial charge in [-0.3, -0.25) is 19.3 Å². The van der Waals surface area contributed by atoms with E-state index in [1.807, 2.05) is 29.2 Å². The lowest BCUT2D eigenvalue weighted by Crippen LogP contribution is -2.67. The van der Waals surface area contributed by atoms with Crippen LogP contribution in [0.3, 0.4) is 0 Å². The van der Waals surface area contributed by atoms with Crippen molar-refractivity contribution in [2.45, 2.75) is 102 Å². The fourth-order valence-corrected chi connectivity index (χ4v) is 7.23. The molecule has 5 rings (SSSR count). The molecule has 220 valence electrons. The number of nitrogens with zero attached hydrogens (tertiary/aromatic N) is 2. The minimum atomic E-state index is -0.620. The van der Waals surface area contributed by atoms with Gasteiger partial charge in [-0.15, -0.1) is 0 Å². The van der Waals surface area contributed by atoms with Gasteiger partial charge in [0.05, 0.1) is 18.7 Å². The molecule has 1 aliphatic carbocycles. The van der Waals surface area contributed by atoms with Crippen LogP contribution in [0, 0.1) is 11.8 Å². The fourth-order valence-electron chi connectivity index (χ4n) is 7.23. The minimum absolute atomic E-state index is 0.0831. The average molecular weight is 554 g/mol. The zero-order chi connectivity index (χ0) is 28.4. The van der Waals surface area contributed by atoms with E-state index in [1.54, 1.807) is 14.0 Å². The van der Waals surface area contributed by atoms with Crippen LogP contribution in [0.1, 0.15) is 77.3 Å². The molecule has 7 atom stereocenters. The zero-order valence-electron chi connectivity index (χ0n) is 24.5. The van der Waals surface area contributed by atoms with Crippen molar-refractivity contribution in [1.82, 2.24) is 25.8 Å². The van der Waals surface area contributed by atoms with Crippen LogP contribution in [0.15, 0.2) is 24.3 Å². The van der Waals surface area contributed by atoms with Crippen LogP contribution in [-0.2, 0) is 14.4 Å². The normalized spacial score (nSPS) is 30.4. The third-order valence-electron chi connectivity index (χ3n) is 10.00. The largest absolute Gasteiger partial charge is 0.493 e. The number of para-hydroxylation sites is 1. The van der Waals surface area contributed by atoms with E-state index in [9.17, 15) is 14.4 Å². The van der Waals surface area contributed by atoms with Crippen molar-refractivity contribution >= 4 is 17.7 Å². The Hall–Kier alpha value is -2.65. The molecule has 2 saturated heterocycles. The number of piperazine rings is 1. The maximum absolute atomic E-state index is 14.5. The van der Waals surface area contributed by atoms with Crippen molar-refractivity contribution in [2.24, 2.45) is 11.8 Å². The molecule has 0 radical (unpaired) electrons. The summed E-state index contributed by atoms with van der Waals surface area (Å²) in [6.07, 6.45) is 6.80. The molecule has 3 aliphatic heterocycles. The predicted molar refractivity (Wildman–Crippen MR) is 154 cm³/mol. The number of fused-ring (bicyclic) bond motifs is 2. The van der Waals surface area contributed by atoms with Gasteiger partial charge in [-0.05, 0) is 58.1 Å². The van der Waals surface area contributed by atoms with E-state index in [0.717, 1.165) is 49.8 Å². The van der Waals surface area contributed by atoms with Gasteiger partial charge in [0.1, 0.15) is 17.8 Å². The lowest BCUT2D eigenvalue weighted by molar-refractivity contribution is -0.150. The number of hydrogen-bond donors (Lipinski definition) is 3. The Balaban J connectivity index is 1.42. The number of hydrogen-bond acceptors (Lipinski definition) is 6. The lowest BCUT2D eigenvalue weighted by atomic mass is 9.82. The first-order chi connectivity index (χ1) is 19.3. The first kappa shape index (κ1) is 28.9. The summed E-state index contributed by atoms with van der Waals surface area (Å²) in [6.45, 7) is 7.86. The Kier molecular flexibility index (Phi) is 9.00. The summed E-state index contributed by atoms with van der Waals surface area (Å²) in [5.74, 6) is 0.973. The highest BCUT2D eigenvalue weighted by atomic mass is 16.5. The molecule has 0 spiro atoms. The van der Waals surface area contributed by atoms with Crippen LogP contribution in [0.2, 0.25) is 0 Å². The summed E-state index contributed by atoms with van der Waals surface area (Å²) in [4.78, 5) is 45.8. The number of likely N-dealkylation sites (N-methyl/N-ethyl adjacent to an activating group) is 1. The monoisotopic (exact) mass is 553 g/mol. The van der Waals surface area contributed by atoms with E-state index in [4.69, 9.17) is 4.74 Å². The highest BCUT2D eigenvalue weighted by Gasteiger charge is 2.48. The van der Waals surface area contributed by atoms with Crippen LogP contribution in [0.4, 0.5) is 0 Å². The Labute approximate surface area is 238 Å². The Morgan fingerprint density at radius 2 is 1.77 bits per heavy atom. The summed E-state index contributed by atoms with van der Waals surface area (Å²) in [7, 11) is 1.75. The molecule has 0 aromatic heterocycles. The Morgan fingerprint density at radius 3 is 2.52 bits per heavy atom. The number of carbonyl (C=O) groups excluding carboxylic acids is 3. The molecule has 3 heterocycles. The van der Waals surface area contributed by atoms with Crippen LogP contribution in [-0.4, -0.2) is 84.5 Å². The number of benzene rings is 1. The quantitative estimate of drug-likeness (QED) is 0.480. The molecular weight excluding hydrogens is 506 g/mol. The molecule has 3 N–H and O–H groups in total. The van der Waals surface area contributed by atoms with Gasteiger partial charge >= 0.3 is 0 Å². The van der Waals surface area contributed by atoms with Crippen LogP contribution in [0.5, 0.6) is 5.75 Å². The van der Waals surface area contributed by atoms with Crippen molar-refractivity contribution in [3.63, 3.8) is 0 Å². The van der Waals surface area contributed by atoms with Gasteiger partial charge in [0, 0.05) is 37.2 Å². The number of ether oxygens (including phenoxy) is 1. The second-order valence-corrected chi connectivity index (χ2v) is 12.4. The Morgan fingerprint density at radius 1 is 1.02 bits per heavy atom. The molecule has 2 unspecified atom stereocenters. The van der Waals surface area contributed by atoms with E-state index in [-0.39, 0.29) is 35.7 Å². The molecule has 3 fully saturated rings. The lowest BCUT2D eigenvalue weighted by Gasteiger charge is -2.46. The van der Waals surface area contributed by atoms with Crippen LogP contribution >= 0.6 is 0 Å². The van der Waals surface area contributed by atoms with E-state index < -0.39 is 18.1 Å². The van der Waals surface area contributed by atoms with Gasteiger partial charge in [0.15, 0.2) is 0 Å². The van der Waals surface area contributed by atoms with E-state index in [2.05, 4.69) is 34.7 Å². The smallest absolute Gasteiger partial charge is 0.246 e. The molecule has 1 aromatic rings. The summed E-state index contributed by atoms with van der Waals surface area (Å²) in [5, 5.41) is 9.39. The summed E-state index contributed by atoms with van der Waals surface area (Å²) < 4.78 is 5.82. The standard InChI is InChI=1S/C31H47N5O4/c1-19-16-23-17-36(31(39)28(22-10-6-5-7-11-22)34-29(37)20(2)32-4)26(18-35(23)21(19)3)30(38)33-25-14-15-40-27-13-9-8-12-24(25)27/h8-9,12-13,19-23,25-26,28,32H,5-7,10-11,14-18H2,1-4H3,(H,33,38)(H,34,37)/t19?,20-,21?,23+,25+,26-,28-/m0/s1. The number of amides is 3. The van der Waals surface area contributed by atoms with E-state index in [1.165, 1.54) is 0 Å². The minimum Gasteiger partial charge on any atom is -0.493 e. The van der Waals surface area contributed by atoms with Gasteiger partial charge in [-0.2, -0.15) is 0 Å². The van der Waals surface area contributed by atoms with Crippen molar-refractivity contribution in [1.29, 1.82) is 0 Å². The first-order valence-electron chi connectivity index (χ1n) is 15.3. The summed E-state index contributed by atoms with van der Waals surface area (Å²) >= 11 is 0. The van der Waals surface area contributed by atoms with Gasteiger partial charge in [0.2, 0.25) is 17.7 Å². The second kappa shape index (κ2) is 12.5. The average Bonchev–Trinajstić information content (AvgIpc) is 3.26. The third kappa shape index (κ3) is 5.86. The van der Waals surface area contributed by atoms with Gasteiger partial charge in [0.25, 0.3) is 0 Å². The highest BCUT2D eigenvalue weighted by molar-refractivity contribution is 5.93. The molecule has 4 aliphatic rings. The Bertz CT molecular complexity index is 1080. The molecule has 0 bridgehead atoms. The number of carbonyl (C=O) groups is 3. The zero-order valence-corrected chi connectivity index (χ0v) is 24.5. The van der Waals surface area contributed by atoms with Crippen molar-refractivity contribution in [2.75, 3.05) is 26.7 Å². The van der Waals surface area contributed by atoms with E-state index in [0.29, 0.717) is 38.1 Å². The maximum atomic E-state index is 14.5. The fraction of sp³-hybridized carbons (Fsp3) is 0.710. The van der Waals surface area contributed by atoms with Gasteiger partial charge in [-0.25, -0.2) is 0 Å². The number of nitrogens with one attached hydrogen (secondary N) is 3. The summed E-state index contributed by atoms with van der Waals surface area (Å²) in [6, 6.07) is 6.62. The van der Waals surface area contributed by atoms with Crippen LogP contribution < -0.4 is 20.7 Å². The SMILES string of the molecule is CN[C@@H](C)C(=O)N[C@H](C(=O)N1C[C@H]2CC(C)C(C)N2C[C@H]1C(=O)N[C@@H]1CCOc2ccccc21)C1CCCCC1. The van der Waals surface area contributed by atoms with Crippen molar-refractivity contribution < 1.29 is 19.1 Å². The van der Waals surface area contributed by atoms with Crippen LogP contribution in [0.25, 0.3) is 0 Å². The van der Waals surface area contributed by atoms with Crippen molar-refractivity contribution in [3.05, 3.63) is 29.8 Å². The maximum Gasteiger partial charge on any atom is 0.246 e.